The van der Waals surface area contributed by atoms with E-state index in [4.69, 9.17) is 0 Å². The standard InChI is InChI=1S/C16H26N2O2/c1-11-6-7-15(10-12(11)2)16(20)13(3)17-8-5-9-18-14(4)19/h6-7,10,13,16-17,20H,5,8-9H2,1-4H3,(H,18,19). The Morgan fingerprint density at radius 2 is 1.95 bits per heavy atom. The van der Waals surface area contributed by atoms with Gasteiger partial charge in [-0.3, -0.25) is 4.79 Å². The third kappa shape index (κ3) is 5.31. The van der Waals surface area contributed by atoms with Gasteiger partial charge in [-0.1, -0.05) is 18.2 Å². The van der Waals surface area contributed by atoms with Gasteiger partial charge in [0.15, 0.2) is 0 Å². The minimum absolute atomic E-state index is 0.00628. The van der Waals surface area contributed by atoms with Crippen molar-refractivity contribution in [1.82, 2.24) is 10.6 Å². The van der Waals surface area contributed by atoms with E-state index in [9.17, 15) is 9.90 Å². The Morgan fingerprint density at radius 3 is 2.55 bits per heavy atom. The van der Waals surface area contributed by atoms with Crippen LogP contribution in [-0.4, -0.2) is 30.1 Å². The Balaban J connectivity index is 2.40. The van der Waals surface area contributed by atoms with Crippen LogP contribution in [0.4, 0.5) is 0 Å². The molecule has 4 heteroatoms. The summed E-state index contributed by atoms with van der Waals surface area (Å²) < 4.78 is 0. The van der Waals surface area contributed by atoms with Gasteiger partial charge in [-0.25, -0.2) is 0 Å². The first-order chi connectivity index (χ1) is 9.41. The molecular weight excluding hydrogens is 252 g/mol. The lowest BCUT2D eigenvalue weighted by Crippen LogP contribution is -2.34. The maximum atomic E-state index is 10.7. The quantitative estimate of drug-likeness (QED) is 0.667. The van der Waals surface area contributed by atoms with Crippen molar-refractivity contribution in [3.05, 3.63) is 34.9 Å². The van der Waals surface area contributed by atoms with Crippen LogP contribution < -0.4 is 10.6 Å². The molecule has 1 aromatic rings. The average Bonchev–Trinajstić information content (AvgIpc) is 2.40. The summed E-state index contributed by atoms with van der Waals surface area (Å²) in [4.78, 5) is 10.7. The highest BCUT2D eigenvalue weighted by Gasteiger charge is 2.15. The van der Waals surface area contributed by atoms with E-state index in [1.54, 1.807) is 0 Å². The van der Waals surface area contributed by atoms with Crippen LogP contribution in [0.1, 0.15) is 43.1 Å². The van der Waals surface area contributed by atoms with E-state index >= 15 is 0 Å². The molecule has 0 saturated heterocycles. The van der Waals surface area contributed by atoms with E-state index < -0.39 is 6.10 Å². The van der Waals surface area contributed by atoms with Crippen LogP contribution in [0.2, 0.25) is 0 Å². The molecule has 0 aliphatic heterocycles. The molecule has 112 valence electrons. The van der Waals surface area contributed by atoms with E-state index in [0.29, 0.717) is 6.54 Å². The fourth-order valence-electron chi connectivity index (χ4n) is 2.03. The third-order valence-electron chi connectivity index (χ3n) is 3.54. The zero-order chi connectivity index (χ0) is 15.1. The van der Waals surface area contributed by atoms with Crippen molar-refractivity contribution in [2.24, 2.45) is 0 Å². The number of amides is 1. The van der Waals surface area contributed by atoms with Crippen LogP contribution in [0.5, 0.6) is 0 Å². The molecule has 2 unspecified atom stereocenters. The molecule has 1 amide bonds. The van der Waals surface area contributed by atoms with Gasteiger partial charge in [-0.15, -0.1) is 0 Å². The number of carbonyl (C=O) groups excluding carboxylic acids is 1. The Hall–Kier alpha value is -1.39. The molecule has 0 fully saturated rings. The van der Waals surface area contributed by atoms with Crippen molar-refractivity contribution in [2.45, 2.75) is 46.3 Å². The van der Waals surface area contributed by atoms with Crippen molar-refractivity contribution in [3.63, 3.8) is 0 Å². The molecule has 2 atom stereocenters. The summed E-state index contributed by atoms with van der Waals surface area (Å²) >= 11 is 0. The fourth-order valence-corrected chi connectivity index (χ4v) is 2.03. The Morgan fingerprint density at radius 1 is 1.25 bits per heavy atom. The number of aliphatic hydroxyl groups excluding tert-OH is 1. The van der Waals surface area contributed by atoms with Gasteiger partial charge < -0.3 is 15.7 Å². The summed E-state index contributed by atoms with van der Waals surface area (Å²) in [5.74, 6) is -0.00628. The number of nitrogens with one attached hydrogen (secondary N) is 2. The van der Waals surface area contributed by atoms with Crippen LogP contribution in [0.25, 0.3) is 0 Å². The van der Waals surface area contributed by atoms with Gasteiger partial charge >= 0.3 is 0 Å². The molecule has 1 aromatic carbocycles. The van der Waals surface area contributed by atoms with Crippen LogP contribution in [0, 0.1) is 13.8 Å². The molecule has 4 nitrogen and oxygen atoms in total. The highest BCUT2D eigenvalue weighted by Crippen LogP contribution is 2.19. The number of aryl methyl sites for hydroxylation is 2. The van der Waals surface area contributed by atoms with Crippen molar-refractivity contribution in [1.29, 1.82) is 0 Å². The SMILES string of the molecule is CC(=O)NCCCNC(C)C(O)c1ccc(C)c(C)c1. The van der Waals surface area contributed by atoms with Gasteiger partial charge in [0.2, 0.25) is 5.91 Å². The van der Waals surface area contributed by atoms with E-state index in [-0.39, 0.29) is 11.9 Å². The summed E-state index contributed by atoms with van der Waals surface area (Å²) in [6.45, 7) is 9.03. The van der Waals surface area contributed by atoms with Crippen molar-refractivity contribution >= 4 is 5.91 Å². The summed E-state index contributed by atoms with van der Waals surface area (Å²) in [6, 6.07) is 6.03. The van der Waals surface area contributed by atoms with Gasteiger partial charge in [-0.05, 0) is 50.4 Å². The predicted molar refractivity (Wildman–Crippen MR) is 81.6 cm³/mol. The first-order valence-corrected chi connectivity index (χ1v) is 7.15. The normalized spacial score (nSPS) is 13.8. The van der Waals surface area contributed by atoms with Gasteiger partial charge in [0, 0.05) is 19.5 Å². The van der Waals surface area contributed by atoms with Crippen LogP contribution >= 0.6 is 0 Å². The molecule has 0 radical (unpaired) electrons. The lowest BCUT2D eigenvalue weighted by Gasteiger charge is -2.21. The molecule has 0 saturated carbocycles. The summed E-state index contributed by atoms with van der Waals surface area (Å²) in [5.41, 5.74) is 3.37. The van der Waals surface area contributed by atoms with Crippen molar-refractivity contribution < 1.29 is 9.90 Å². The number of hydrogen-bond donors (Lipinski definition) is 3. The molecule has 0 aliphatic rings. The average molecular weight is 278 g/mol. The Labute approximate surface area is 121 Å². The first kappa shape index (κ1) is 16.7. The smallest absolute Gasteiger partial charge is 0.216 e. The van der Waals surface area contributed by atoms with Crippen molar-refractivity contribution in [3.8, 4) is 0 Å². The van der Waals surface area contributed by atoms with Gasteiger partial charge in [0.05, 0.1) is 6.10 Å². The number of aliphatic hydroxyl groups is 1. The number of hydrogen-bond acceptors (Lipinski definition) is 3. The second-order valence-electron chi connectivity index (χ2n) is 5.37. The Kier molecular flexibility index (Phi) is 6.68. The van der Waals surface area contributed by atoms with Crippen LogP contribution in [-0.2, 0) is 4.79 Å². The highest BCUT2D eigenvalue weighted by molar-refractivity contribution is 5.72. The number of rotatable bonds is 7. The Bertz CT molecular complexity index is 446. The maximum absolute atomic E-state index is 10.7. The maximum Gasteiger partial charge on any atom is 0.216 e. The van der Waals surface area contributed by atoms with Crippen LogP contribution in [0.3, 0.4) is 0 Å². The second kappa shape index (κ2) is 8.02. The topological polar surface area (TPSA) is 61.4 Å². The molecular formula is C16H26N2O2. The number of benzene rings is 1. The molecule has 0 aliphatic carbocycles. The zero-order valence-corrected chi connectivity index (χ0v) is 12.9. The van der Waals surface area contributed by atoms with E-state index in [1.165, 1.54) is 18.1 Å². The molecule has 1 rings (SSSR count). The van der Waals surface area contributed by atoms with Crippen LogP contribution in [0.15, 0.2) is 18.2 Å². The summed E-state index contributed by atoms with van der Waals surface area (Å²) in [5, 5.41) is 16.4. The minimum atomic E-state index is -0.518. The molecule has 0 aromatic heterocycles. The molecule has 20 heavy (non-hydrogen) atoms. The summed E-state index contributed by atoms with van der Waals surface area (Å²) in [7, 11) is 0. The van der Waals surface area contributed by atoms with E-state index in [0.717, 1.165) is 18.5 Å². The molecule has 0 spiro atoms. The molecule has 3 N–H and O–H groups in total. The zero-order valence-electron chi connectivity index (χ0n) is 12.9. The molecule has 0 heterocycles. The van der Waals surface area contributed by atoms with Gasteiger partial charge in [0.25, 0.3) is 0 Å². The predicted octanol–water partition coefficient (Wildman–Crippen LogP) is 1.84. The lowest BCUT2D eigenvalue weighted by molar-refractivity contribution is -0.118. The fraction of sp³-hybridized carbons (Fsp3) is 0.562. The summed E-state index contributed by atoms with van der Waals surface area (Å²) in [6.07, 6.45) is 0.332. The largest absolute Gasteiger partial charge is 0.387 e. The lowest BCUT2D eigenvalue weighted by atomic mass is 9.99. The first-order valence-electron chi connectivity index (χ1n) is 7.15. The second-order valence-corrected chi connectivity index (χ2v) is 5.37. The third-order valence-corrected chi connectivity index (χ3v) is 3.54. The minimum Gasteiger partial charge on any atom is -0.387 e. The monoisotopic (exact) mass is 278 g/mol. The van der Waals surface area contributed by atoms with Crippen molar-refractivity contribution in [2.75, 3.05) is 13.1 Å². The van der Waals surface area contributed by atoms with E-state index in [2.05, 4.69) is 24.5 Å². The van der Waals surface area contributed by atoms with Gasteiger partial charge in [-0.2, -0.15) is 0 Å². The number of carbonyl (C=O) groups is 1. The molecule has 0 bridgehead atoms. The van der Waals surface area contributed by atoms with E-state index in [1.807, 2.05) is 25.1 Å². The van der Waals surface area contributed by atoms with Gasteiger partial charge in [0.1, 0.15) is 0 Å². The highest BCUT2D eigenvalue weighted by atomic mass is 16.3.